The van der Waals surface area contributed by atoms with Crippen molar-refractivity contribution in [1.29, 1.82) is 0 Å². The Bertz CT molecular complexity index is 321. The molecule has 2 nitrogen and oxygen atoms in total. The van der Waals surface area contributed by atoms with Gasteiger partial charge in [0.2, 0.25) is 0 Å². The van der Waals surface area contributed by atoms with Crippen LogP contribution in [0.3, 0.4) is 0 Å². The van der Waals surface area contributed by atoms with Gasteiger partial charge in [0.05, 0.1) is 0 Å². The van der Waals surface area contributed by atoms with E-state index in [9.17, 15) is 0 Å². The maximum absolute atomic E-state index is 5.97. The van der Waals surface area contributed by atoms with Crippen LogP contribution in [0.5, 0.6) is 0 Å². The van der Waals surface area contributed by atoms with Gasteiger partial charge in [-0.3, -0.25) is 0 Å². The number of hydrogen-bond donors (Lipinski definition) is 2. The Kier molecular flexibility index (Phi) is 2.91. The summed E-state index contributed by atoms with van der Waals surface area (Å²) in [6.45, 7) is 1.81. The molecule has 1 fully saturated rings. The first-order valence-electron chi connectivity index (χ1n) is 4.93. The van der Waals surface area contributed by atoms with Crippen LogP contribution in [0.4, 0.5) is 0 Å². The molecule has 1 aromatic carbocycles. The molecule has 0 radical (unpaired) electrons. The molecule has 0 amide bonds. The number of nitrogens with two attached hydrogens (primary N) is 1. The standard InChI is InChI=1S/C11H15BrN2/c12-10-4-2-1-3-9(10)7-14-8-11(13)5-6-11/h1-4,14H,5-8,13H2. The van der Waals surface area contributed by atoms with Gasteiger partial charge in [0.25, 0.3) is 0 Å². The van der Waals surface area contributed by atoms with Gasteiger partial charge in [-0.2, -0.15) is 0 Å². The molecule has 0 unspecified atom stereocenters. The van der Waals surface area contributed by atoms with Crippen molar-refractivity contribution in [2.75, 3.05) is 6.54 Å². The predicted molar refractivity (Wildman–Crippen MR) is 62.0 cm³/mol. The van der Waals surface area contributed by atoms with Crippen LogP contribution in [-0.4, -0.2) is 12.1 Å². The highest BCUT2D eigenvalue weighted by atomic mass is 79.9. The third-order valence-electron chi connectivity index (χ3n) is 2.64. The van der Waals surface area contributed by atoms with E-state index in [2.05, 4.69) is 39.4 Å². The number of nitrogens with one attached hydrogen (secondary N) is 1. The van der Waals surface area contributed by atoms with E-state index in [1.54, 1.807) is 0 Å². The van der Waals surface area contributed by atoms with Crippen molar-refractivity contribution in [2.24, 2.45) is 5.73 Å². The summed E-state index contributed by atoms with van der Waals surface area (Å²) in [5, 5.41) is 3.39. The highest BCUT2D eigenvalue weighted by molar-refractivity contribution is 9.10. The normalized spacial score (nSPS) is 18.1. The molecule has 0 aromatic heterocycles. The van der Waals surface area contributed by atoms with Crippen LogP contribution in [0.25, 0.3) is 0 Å². The summed E-state index contributed by atoms with van der Waals surface area (Å²) >= 11 is 3.52. The van der Waals surface area contributed by atoms with E-state index in [-0.39, 0.29) is 5.54 Å². The zero-order valence-electron chi connectivity index (χ0n) is 8.09. The van der Waals surface area contributed by atoms with E-state index >= 15 is 0 Å². The fraction of sp³-hybridized carbons (Fsp3) is 0.455. The first-order chi connectivity index (χ1) is 6.70. The zero-order valence-corrected chi connectivity index (χ0v) is 9.68. The minimum Gasteiger partial charge on any atom is -0.324 e. The molecule has 0 spiro atoms. The van der Waals surface area contributed by atoms with E-state index in [4.69, 9.17) is 5.73 Å². The predicted octanol–water partition coefficient (Wildman–Crippen LogP) is 2.03. The lowest BCUT2D eigenvalue weighted by Crippen LogP contribution is -2.35. The van der Waals surface area contributed by atoms with Crippen molar-refractivity contribution in [3.8, 4) is 0 Å². The van der Waals surface area contributed by atoms with Crippen LogP contribution in [0.2, 0.25) is 0 Å². The van der Waals surface area contributed by atoms with E-state index in [0.717, 1.165) is 30.4 Å². The molecule has 0 saturated heterocycles. The first kappa shape index (κ1) is 10.1. The summed E-state index contributed by atoms with van der Waals surface area (Å²) in [4.78, 5) is 0. The van der Waals surface area contributed by atoms with Gasteiger partial charge in [-0.15, -0.1) is 0 Å². The van der Waals surface area contributed by atoms with Crippen LogP contribution >= 0.6 is 15.9 Å². The molecule has 14 heavy (non-hydrogen) atoms. The van der Waals surface area contributed by atoms with E-state index in [1.807, 2.05) is 6.07 Å². The van der Waals surface area contributed by atoms with Crippen LogP contribution in [0.1, 0.15) is 18.4 Å². The zero-order chi connectivity index (χ0) is 10.0. The fourth-order valence-corrected chi connectivity index (χ4v) is 1.85. The van der Waals surface area contributed by atoms with Crippen LogP contribution in [-0.2, 0) is 6.54 Å². The van der Waals surface area contributed by atoms with Crippen LogP contribution in [0, 0.1) is 0 Å². The number of halogens is 1. The molecule has 1 saturated carbocycles. The van der Waals surface area contributed by atoms with Gasteiger partial charge in [-0.1, -0.05) is 34.1 Å². The van der Waals surface area contributed by atoms with Gasteiger partial charge < -0.3 is 11.1 Å². The second kappa shape index (κ2) is 4.01. The smallest absolute Gasteiger partial charge is 0.0282 e. The lowest BCUT2D eigenvalue weighted by molar-refractivity contribution is 0.568. The van der Waals surface area contributed by atoms with Gasteiger partial charge in [0, 0.05) is 23.1 Å². The number of rotatable bonds is 4. The summed E-state index contributed by atoms with van der Waals surface area (Å²) in [7, 11) is 0. The van der Waals surface area contributed by atoms with Crippen LogP contribution < -0.4 is 11.1 Å². The van der Waals surface area contributed by atoms with Crippen molar-refractivity contribution in [3.05, 3.63) is 34.3 Å². The first-order valence-corrected chi connectivity index (χ1v) is 5.72. The Morgan fingerprint density at radius 3 is 2.71 bits per heavy atom. The molecule has 76 valence electrons. The quantitative estimate of drug-likeness (QED) is 0.863. The van der Waals surface area contributed by atoms with Crippen molar-refractivity contribution < 1.29 is 0 Å². The molecule has 0 bridgehead atoms. The molecule has 1 aliphatic carbocycles. The molecule has 3 heteroatoms. The lowest BCUT2D eigenvalue weighted by Gasteiger charge is -2.10. The summed E-state index contributed by atoms with van der Waals surface area (Å²) in [6, 6.07) is 8.26. The van der Waals surface area contributed by atoms with Crippen molar-refractivity contribution >= 4 is 15.9 Å². The summed E-state index contributed by atoms with van der Waals surface area (Å²) < 4.78 is 1.16. The van der Waals surface area contributed by atoms with Gasteiger partial charge in [0.15, 0.2) is 0 Å². The molecular weight excluding hydrogens is 240 g/mol. The SMILES string of the molecule is NC1(CNCc2ccccc2Br)CC1. The lowest BCUT2D eigenvalue weighted by atomic mass is 10.2. The maximum Gasteiger partial charge on any atom is 0.0282 e. The average Bonchev–Trinajstić information content (AvgIpc) is 2.88. The Morgan fingerprint density at radius 1 is 1.36 bits per heavy atom. The Hall–Kier alpha value is -0.380. The minimum atomic E-state index is 0.0985. The highest BCUT2D eigenvalue weighted by Crippen LogP contribution is 2.31. The third kappa shape index (κ3) is 2.56. The Morgan fingerprint density at radius 2 is 2.07 bits per heavy atom. The third-order valence-corrected chi connectivity index (χ3v) is 3.42. The van der Waals surface area contributed by atoms with E-state index in [1.165, 1.54) is 5.56 Å². The number of benzene rings is 1. The van der Waals surface area contributed by atoms with Crippen molar-refractivity contribution in [3.63, 3.8) is 0 Å². The average molecular weight is 255 g/mol. The molecule has 3 N–H and O–H groups in total. The van der Waals surface area contributed by atoms with Gasteiger partial charge in [-0.25, -0.2) is 0 Å². The maximum atomic E-state index is 5.97. The topological polar surface area (TPSA) is 38.0 Å². The van der Waals surface area contributed by atoms with Crippen molar-refractivity contribution in [2.45, 2.75) is 24.9 Å². The number of hydrogen-bond acceptors (Lipinski definition) is 2. The molecule has 1 aliphatic rings. The molecule has 0 heterocycles. The van der Waals surface area contributed by atoms with E-state index < -0.39 is 0 Å². The molecular formula is C11H15BrN2. The summed E-state index contributed by atoms with van der Waals surface area (Å²) in [5.74, 6) is 0. The second-order valence-corrected chi connectivity index (χ2v) is 4.91. The highest BCUT2D eigenvalue weighted by Gasteiger charge is 2.37. The summed E-state index contributed by atoms with van der Waals surface area (Å²) in [5.41, 5.74) is 7.36. The van der Waals surface area contributed by atoms with Crippen molar-refractivity contribution in [1.82, 2.24) is 5.32 Å². The fourth-order valence-electron chi connectivity index (χ4n) is 1.43. The molecule has 0 aliphatic heterocycles. The van der Waals surface area contributed by atoms with Gasteiger partial charge in [0.1, 0.15) is 0 Å². The Balaban J connectivity index is 1.83. The minimum absolute atomic E-state index is 0.0985. The Labute approximate surface area is 93.0 Å². The van der Waals surface area contributed by atoms with Gasteiger partial charge >= 0.3 is 0 Å². The molecule has 1 aromatic rings. The molecule has 0 atom stereocenters. The van der Waals surface area contributed by atoms with E-state index in [0.29, 0.717) is 0 Å². The monoisotopic (exact) mass is 254 g/mol. The summed E-state index contributed by atoms with van der Waals surface area (Å²) in [6.07, 6.45) is 2.33. The second-order valence-electron chi connectivity index (χ2n) is 4.06. The molecule has 2 rings (SSSR count). The largest absolute Gasteiger partial charge is 0.324 e. The van der Waals surface area contributed by atoms with Gasteiger partial charge in [-0.05, 0) is 24.5 Å². The van der Waals surface area contributed by atoms with Crippen LogP contribution in [0.15, 0.2) is 28.7 Å².